The summed E-state index contributed by atoms with van der Waals surface area (Å²) in [4.78, 5) is 6.43. The van der Waals surface area contributed by atoms with Crippen LogP contribution in [-0.2, 0) is 11.3 Å². The Morgan fingerprint density at radius 1 is 1.21 bits per heavy atom. The number of hydrogen-bond donors (Lipinski definition) is 0. The van der Waals surface area contributed by atoms with Gasteiger partial charge in [0.1, 0.15) is 6.23 Å². The summed E-state index contributed by atoms with van der Waals surface area (Å²) in [5, 5.41) is 0. The zero-order chi connectivity index (χ0) is 13.1. The van der Waals surface area contributed by atoms with Crippen LogP contribution in [0.3, 0.4) is 0 Å². The van der Waals surface area contributed by atoms with Gasteiger partial charge in [0.05, 0.1) is 6.61 Å². The number of benzene rings is 1. The van der Waals surface area contributed by atoms with E-state index in [0.717, 1.165) is 19.7 Å². The minimum absolute atomic E-state index is 0.0546. The van der Waals surface area contributed by atoms with Gasteiger partial charge in [-0.2, -0.15) is 0 Å². The summed E-state index contributed by atoms with van der Waals surface area (Å²) in [6.07, 6.45) is 3.70. The zero-order valence-electron chi connectivity index (χ0n) is 10.5. The average molecular weight is 366 g/mol. The maximum Gasteiger partial charge on any atom is 0.137 e. The molecule has 0 bridgehead atoms. The predicted octanol–water partition coefficient (Wildman–Crippen LogP) is 3.22. The smallest absolute Gasteiger partial charge is 0.137 e. The monoisotopic (exact) mass is 366 g/mol. The van der Waals surface area contributed by atoms with Gasteiger partial charge < -0.3 is 4.74 Å². The van der Waals surface area contributed by atoms with E-state index in [1.165, 1.54) is 14.7 Å². The fraction of sp³-hybridized carbons (Fsp3) is 0.267. The Morgan fingerprint density at radius 3 is 2.79 bits per heavy atom. The minimum atomic E-state index is 0.0546. The maximum absolute atomic E-state index is 5.86. The molecule has 0 spiro atoms. The second kappa shape index (κ2) is 5.98. The first kappa shape index (κ1) is 13.0. The van der Waals surface area contributed by atoms with Crippen molar-refractivity contribution >= 4 is 22.6 Å². The first-order valence-corrected chi connectivity index (χ1v) is 7.41. The molecule has 1 fully saturated rings. The molecule has 1 aliphatic heterocycles. The summed E-state index contributed by atoms with van der Waals surface area (Å²) in [5.41, 5.74) is 2.53. The van der Waals surface area contributed by atoms with E-state index < -0.39 is 0 Å². The van der Waals surface area contributed by atoms with Crippen molar-refractivity contribution in [3.05, 3.63) is 63.5 Å². The van der Waals surface area contributed by atoms with Crippen molar-refractivity contribution < 1.29 is 4.74 Å². The molecule has 1 atom stereocenters. The molecular weight excluding hydrogens is 351 g/mol. The van der Waals surface area contributed by atoms with Gasteiger partial charge in [-0.05, 0) is 51.9 Å². The molecule has 0 saturated carbocycles. The molecule has 0 aliphatic carbocycles. The summed E-state index contributed by atoms with van der Waals surface area (Å²) in [7, 11) is 0. The Kier molecular flexibility index (Phi) is 4.10. The molecule has 1 aliphatic rings. The summed E-state index contributed by atoms with van der Waals surface area (Å²) in [5.74, 6) is 0. The Bertz CT molecular complexity index is 547. The van der Waals surface area contributed by atoms with Crippen LogP contribution in [0.25, 0.3) is 0 Å². The van der Waals surface area contributed by atoms with Gasteiger partial charge in [-0.15, -0.1) is 0 Å². The molecule has 2 aromatic rings. The van der Waals surface area contributed by atoms with Crippen molar-refractivity contribution in [1.29, 1.82) is 0 Å². The van der Waals surface area contributed by atoms with Crippen LogP contribution in [0.4, 0.5) is 0 Å². The third-order valence-electron chi connectivity index (χ3n) is 3.31. The van der Waals surface area contributed by atoms with Crippen molar-refractivity contribution in [2.45, 2.75) is 12.8 Å². The van der Waals surface area contributed by atoms with Crippen molar-refractivity contribution in [1.82, 2.24) is 9.88 Å². The maximum atomic E-state index is 5.86. The Hall–Kier alpha value is -0.980. The molecule has 1 saturated heterocycles. The van der Waals surface area contributed by atoms with Crippen LogP contribution in [0.1, 0.15) is 17.4 Å². The summed E-state index contributed by atoms with van der Waals surface area (Å²) in [6, 6.07) is 12.6. The highest BCUT2D eigenvalue weighted by molar-refractivity contribution is 14.1. The van der Waals surface area contributed by atoms with Gasteiger partial charge in [0.25, 0.3) is 0 Å². The molecule has 0 amide bonds. The lowest BCUT2D eigenvalue weighted by Crippen LogP contribution is -2.23. The first-order chi connectivity index (χ1) is 9.34. The van der Waals surface area contributed by atoms with Gasteiger partial charge in [0.2, 0.25) is 0 Å². The number of hydrogen-bond acceptors (Lipinski definition) is 3. The zero-order valence-corrected chi connectivity index (χ0v) is 12.7. The Labute approximate surface area is 126 Å². The average Bonchev–Trinajstić information content (AvgIpc) is 2.91. The van der Waals surface area contributed by atoms with Crippen molar-refractivity contribution in [2.75, 3.05) is 13.2 Å². The van der Waals surface area contributed by atoms with Crippen LogP contribution in [0, 0.1) is 3.57 Å². The third-order valence-corrected chi connectivity index (χ3v) is 4.36. The lowest BCUT2D eigenvalue weighted by atomic mass is 10.2. The molecule has 0 radical (unpaired) electrons. The van der Waals surface area contributed by atoms with E-state index in [4.69, 9.17) is 4.74 Å². The molecule has 0 N–H and O–H groups in total. The van der Waals surface area contributed by atoms with E-state index in [1.807, 2.05) is 24.5 Å². The number of aromatic nitrogens is 1. The predicted molar refractivity (Wildman–Crippen MR) is 82.5 cm³/mol. The van der Waals surface area contributed by atoms with Crippen LogP contribution >= 0.6 is 22.6 Å². The first-order valence-electron chi connectivity index (χ1n) is 6.33. The second-order valence-corrected chi connectivity index (χ2v) is 5.73. The third kappa shape index (κ3) is 2.96. The largest absolute Gasteiger partial charge is 0.357 e. The van der Waals surface area contributed by atoms with Crippen molar-refractivity contribution in [3.8, 4) is 0 Å². The number of halogens is 1. The number of ether oxygens (including phenoxy) is 1. The molecule has 1 aromatic heterocycles. The highest BCUT2D eigenvalue weighted by Crippen LogP contribution is 2.28. The lowest BCUT2D eigenvalue weighted by Gasteiger charge is -2.23. The van der Waals surface area contributed by atoms with E-state index in [9.17, 15) is 0 Å². The molecular formula is C15H15IN2O. The minimum Gasteiger partial charge on any atom is -0.357 e. The molecule has 3 rings (SSSR count). The highest BCUT2D eigenvalue weighted by atomic mass is 127. The van der Waals surface area contributed by atoms with Crippen molar-refractivity contribution in [3.63, 3.8) is 0 Å². The standard InChI is InChI=1S/C15H15IN2O/c16-14-4-2-1-3-13(14)11-18-9-10-19-15(18)12-5-7-17-8-6-12/h1-8,15H,9-11H2. The summed E-state index contributed by atoms with van der Waals surface area (Å²) < 4.78 is 7.17. The van der Waals surface area contributed by atoms with Gasteiger partial charge in [0.15, 0.2) is 0 Å². The van der Waals surface area contributed by atoms with E-state index in [2.05, 4.69) is 56.7 Å². The fourth-order valence-corrected chi connectivity index (χ4v) is 2.90. The quantitative estimate of drug-likeness (QED) is 0.781. The van der Waals surface area contributed by atoms with Crippen LogP contribution in [0.2, 0.25) is 0 Å². The second-order valence-electron chi connectivity index (χ2n) is 4.57. The van der Waals surface area contributed by atoms with E-state index in [-0.39, 0.29) is 6.23 Å². The molecule has 98 valence electrons. The SMILES string of the molecule is Ic1ccccc1CN1CCOC1c1ccncc1. The van der Waals surface area contributed by atoms with Crippen LogP contribution in [0.5, 0.6) is 0 Å². The Balaban J connectivity index is 1.79. The number of rotatable bonds is 3. The Morgan fingerprint density at radius 2 is 2.00 bits per heavy atom. The molecule has 1 unspecified atom stereocenters. The highest BCUT2D eigenvalue weighted by Gasteiger charge is 2.27. The van der Waals surface area contributed by atoms with Gasteiger partial charge in [-0.1, -0.05) is 18.2 Å². The van der Waals surface area contributed by atoms with Crippen molar-refractivity contribution in [2.24, 2.45) is 0 Å². The summed E-state index contributed by atoms with van der Waals surface area (Å²) in [6.45, 7) is 2.68. The number of nitrogens with zero attached hydrogens (tertiary/aromatic N) is 2. The van der Waals surface area contributed by atoms with Crippen LogP contribution < -0.4 is 0 Å². The van der Waals surface area contributed by atoms with Gasteiger partial charge in [0, 0.05) is 29.1 Å². The van der Waals surface area contributed by atoms with Crippen LogP contribution in [0.15, 0.2) is 48.8 Å². The van der Waals surface area contributed by atoms with Crippen LogP contribution in [-0.4, -0.2) is 23.0 Å². The molecule has 1 aromatic carbocycles. The molecule has 4 heteroatoms. The van der Waals surface area contributed by atoms with E-state index in [1.54, 1.807) is 0 Å². The molecule has 3 nitrogen and oxygen atoms in total. The normalized spacial score (nSPS) is 19.7. The van der Waals surface area contributed by atoms with E-state index in [0.29, 0.717) is 0 Å². The van der Waals surface area contributed by atoms with Gasteiger partial charge in [-0.3, -0.25) is 9.88 Å². The topological polar surface area (TPSA) is 25.4 Å². The summed E-state index contributed by atoms with van der Waals surface area (Å²) >= 11 is 2.39. The molecule has 19 heavy (non-hydrogen) atoms. The van der Waals surface area contributed by atoms with E-state index >= 15 is 0 Å². The molecule has 2 heterocycles. The van der Waals surface area contributed by atoms with Gasteiger partial charge in [-0.25, -0.2) is 0 Å². The van der Waals surface area contributed by atoms with Gasteiger partial charge >= 0.3 is 0 Å². The fourth-order valence-electron chi connectivity index (χ4n) is 2.35. The lowest BCUT2D eigenvalue weighted by molar-refractivity contribution is 0.0286. The number of pyridine rings is 1.